The van der Waals surface area contributed by atoms with E-state index in [9.17, 15) is 9.59 Å². The number of aryl methyl sites for hydroxylation is 1. The third-order valence-corrected chi connectivity index (χ3v) is 4.01. The zero-order chi connectivity index (χ0) is 17.8. The predicted octanol–water partition coefficient (Wildman–Crippen LogP) is 4.60. The average Bonchev–Trinajstić information content (AvgIpc) is 3.01. The summed E-state index contributed by atoms with van der Waals surface area (Å²) in [7, 11) is 0. The molecule has 25 heavy (non-hydrogen) atoms. The van der Waals surface area contributed by atoms with Crippen molar-refractivity contribution in [2.24, 2.45) is 0 Å². The monoisotopic (exact) mass is 336 g/mol. The van der Waals surface area contributed by atoms with Crippen LogP contribution < -0.4 is 10.6 Å². The SMILES string of the molecule is CCC(=O)Nc1c(C(=O)Nc2ccc(CC)cc2)oc2ccccc12. The molecule has 5 heteroatoms. The smallest absolute Gasteiger partial charge is 0.293 e. The van der Waals surface area contributed by atoms with Crippen molar-refractivity contribution in [1.82, 2.24) is 0 Å². The Bertz CT molecular complexity index is 910. The number of fused-ring (bicyclic) bond motifs is 1. The number of hydrogen-bond donors (Lipinski definition) is 2. The van der Waals surface area contributed by atoms with Crippen LogP contribution in [0.4, 0.5) is 11.4 Å². The highest BCUT2D eigenvalue weighted by molar-refractivity contribution is 6.14. The van der Waals surface area contributed by atoms with E-state index >= 15 is 0 Å². The van der Waals surface area contributed by atoms with Crippen LogP contribution in [0.5, 0.6) is 0 Å². The van der Waals surface area contributed by atoms with Gasteiger partial charge in [-0.3, -0.25) is 9.59 Å². The highest BCUT2D eigenvalue weighted by Gasteiger charge is 2.22. The second-order valence-electron chi connectivity index (χ2n) is 5.71. The average molecular weight is 336 g/mol. The summed E-state index contributed by atoms with van der Waals surface area (Å²) < 4.78 is 5.70. The summed E-state index contributed by atoms with van der Waals surface area (Å²) in [5.74, 6) is -0.470. The lowest BCUT2D eigenvalue weighted by Crippen LogP contribution is -2.16. The van der Waals surface area contributed by atoms with Gasteiger partial charge >= 0.3 is 0 Å². The lowest BCUT2D eigenvalue weighted by molar-refractivity contribution is -0.115. The van der Waals surface area contributed by atoms with E-state index in [4.69, 9.17) is 4.42 Å². The van der Waals surface area contributed by atoms with Crippen molar-refractivity contribution in [1.29, 1.82) is 0 Å². The Morgan fingerprint density at radius 2 is 1.68 bits per heavy atom. The minimum atomic E-state index is -0.396. The maximum Gasteiger partial charge on any atom is 0.293 e. The van der Waals surface area contributed by atoms with Crippen LogP contribution in [0.3, 0.4) is 0 Å². The van der Waals surface area contributed by atoms with E-state index < -0.39 is 5.91 Å². The zero-order valence-corrected chi connectivity index (χ0v) is 14.3. The largest absolute Gasteiger partial charge is 0.449 e. The first-order valence-electron chi connectivity index (χ1n) is 8.34. The molecule has 0 unspecified atom stereocenters. The molecule has 0 saturated heterocycles. The highest BCUT2D eigenvalue weighted by Crippen LogP contribution is 2.31. The summed E-state index contributed by atoms with van der Waals surface area (Å²) in [6.07, 6.45) is 1.25. The number of furan rings is 1. The molecule has 1 heterocycles. The molecule has 2 amide bonds. The van der Waals surface area contributed by atoms with Gasteiger partial charge in [-0.05, 0) is 36.2 Å². The van der Waals surface area contributed by atoms with Gasteiger partial charge in [-0.1, -0.05) is 38.1 Å². The van der Waals surface area contributed by atoms with Gasteiger partial charge in [-0.15, -0.1) is 0 Å². The molecule has 0 bridgehead atoms. The Kier molecular flexibility index (Phi) is 4.84. The fourth-order valence-electron chi connectivity index (χ4n) is 2.57. The van der Waals surface area contributed by atoms with Crippen molar-refractivity contribution < 1.29 is 14.0 Å². The molecule has 0 atom stereocenters. The Labute approximate surface area is 146 Å². The van der Waals surface area contributed by atoms with Crippen molar-refractivity contribution in [3.05, 3.63) is 59.9 Å². The van der Waals surface area contributed by atoms with E-state index in [1.807, 2.05) is 42.5 Å². The van der Waals surface area contributed by atoms with Crippen molar-refractivity contribution in [3.8, 4) is 0 Å². The number of rotatable bonds is 5. The number of hydrogen-bond acceptors (Lipinski definition) is 3. The first-order chi connectivity index (χ1) is 12.1. The molecule has 3 aromatic rings. The van der Waals surface area contributed by atoms with Crippen LogP contribution in [0.2, 0.25) is 0 Å². The van der Waals surface area contributed by atoms with E-state index in [-0.39, 0.29) is 11.7 Å². The molecule has 0 aliphatic heterocycles. The van der Waals surface area contributed by atoms with Gasteiger partial charge in [0, 0.05) is 17.5 Å². The summed E-state index contributed by atoms with van der Waals surface area (Å²) in [5, 5.41) is 6.30. The lowest BCUT2D eigenvalue weighted by Gasteiger charge is -2.07. The molecule has 0 aliphatic carbocycles. The summed E-state index contributed by atoms with van der Waals surface area (Å²) in [4.78, 5) is 24.5. The van der Waals surface area contributed by atoms with E-state index in [1.165, 1.54) is 5.56 Å². The van der Waals surface area contributed by atoms with Gasteiger partial charge in [0.2, 0.25) is 11.7 Å². The number of nitrogens with one attached hydrogen (secondary N) is 2. The minimum absolute atomic E-state index is 0.0996. The Balaban J connectivity index is 1.94. The zero-order valence-electron chi connectivity index (χ0n) is 14.3. The molecule has 5 nitrogen and oxygen atoms in total. The molecule has 1 aromatic heterocycles. The van der Waals surface area contributed by atoms with E-state index in [0.29, 0.717) is 28.8 Å². The summed E-state index contributed by atoms with van der Waals surface area (Å²) in [5.41, 5.74) is 2.83. The molecule has 0 radical (unpaired) electrons. The Hall–Kier alpha value is -3.08. The number of para-hydroxylation sites is 1. The predicted molar refractivity (Wildman–Crippen MR) is 98.9 cm³/mol. The van der Waals surface area contributed by atoms with Crippen LogP contribution in [0.25, 0.3) is 11.0 Å². The fourth-order valence-corrected chi connectivity index (χ4v) is 2.57. The standard InChI is InChI=1S/C20H20N2O3/c1-3-13-9-11-14(12-10-13)21-20(24)19-18(22-17(23)4-2)15-7-5-6-8-16(15)25-19/h5-12H,3-4H2,1-2H3,(H,21,24)(H,22,23). The summed E-state index contributed by atoms with van der Waals surface area (Å²) >= 11 is 0. The number of amides is 2. The molecule has 0 aliphatic rings. The van der Waals surface area contributed by atoms with Gasteiger partial charge in [0.1, 0.15) is 11.3 Å². The number of benzene rings is 2. The molecule has 0 spiro atoms. The second kappa shape index (κ2) is 7.21. The molecule has 128 valence electrons. The molecular formula is C20H20N2O3. The van der Waals surface area contributed by atoms with Gasteiger partial charge in [-0.25, -0.2) is 0 Å². The summed E-state index contributed by atoms with van der Waals surface area (Å²) in [6, 6.07) is 14.9. The van der Waals surface area contributed by atoms with Gasteiger partial charge in [-0.2, -0.15) is 0 Å². The van der Waals surface area contributed by atoms with Crippen LogP contribution in [-0.4, -0.2) is 11.8 Å². The highest BCUT2D eigenvalue weighted by atomic mass is 16.3. The van der Waals surface area contributed by atoms with Gasteiger partial charge in [0.05, 0.1) is 0 Å². The normalized spacial score (nSPS) is 10.6. The fraction of sp³-hybridized carbons (Fsp3) is 0.200. The molecule has 2 N–H and O–H groups in total. The minimum Gasteiger partial charge on any atom is -0.449 e. The van der Waals surface area contributed by atoms with Gasteiger partial charge < -0.3 is 15.1 Å². The summed E-state index contributed by atoms with van der Waals surface area (Å²) in [6.45, 7) is 3.83. The molecule has 2 aromatic carbocycles. The lowest BCUT2D eigenvalue weighted by atomic mass is 10.1. The second-order valence-corrected chi connectivity index (χ2v) is 5.71. The van der Waals surface area contributed by atoms with E-state index in [2.05, 4.69) is 17.6 Å². The third-order valence-electron chi connectivity index (χ3n) is 4.01. The van der Waals surface area contributed by atoms with E-state index in [0.717, 1.165) is 6.42 Å². The first-order valence-corrected chi connectivity index (χ1v) is 8.34. The molecule has 0 fully saturated rings. The van der Waals surface area contributed by atoms with Gasteiger partial charge in [0.15, 0.2) is 0 Å². The Morgan fingerprint density at radius 1 is 0.960 bits per heavy atom. The van der Waals surface area contributed by atoms with Crippen molar-refractivity contribution in [3.63, 3.8) is 0 Å². The van der Waals surface area contributed by atoms with Crippen LogP contribution in [-0.2, 0) is 11.2 Å². The molecular weight excluding hydrogens is 316 g/mol. The van der Waals surface area contributed by atoms with Crippen molar-refractivity contribution >= 4 is 34.2 Å². The van der Waals surface area contributed by atoms with Crippen LogP contribution in [0.1, 0.15) is 36.4 Å². The number of carbonyl (C=O) groups excluding carboxylic acids is 2. The third kappa shape index (κ3) is 3.55. The topological polar surface area (TPSA) is 71.3 Å². The molecule has 0 saturated carbocycles. The maximum absolute atomic E-state index is 12.7. The Morgan fingerprint density at radius 3 is 2.36 bits per heavy atom. The maximum atomic E-state index is 12.7. The first kappa shape index (κ1) is 16.8. The van der Waals surface area contributed by atoms with E-state index in [1.54, 1.807) is 13.0 Å². The number of carbonyl (C=O) groups is 2. The van der Waals surface area contributed by atoms with Crippen LogP contribution in [0, 0.1) is 0 Å². The van der Waals surface area contributed by atoms with Crippen molar-refractivity contribution in [2.75, 3.05) is 10.6 Å². The number of anilines is 2. The van der Waals surface area contributed by atoms with Crippen molar-refractivity contribution in [2.45, 2.75) is 26.7 Å². The molecule has 3 rings (SSSR count). The van der Waals surface area contributed by atoms with Crippen LogP contribution >= 0.6 is 0 Å². The van der Waals surface area contributed by atoms with Gasteiger partial charge in [0.25, 0.3) is 5.91 Å². The quantitative estimate of drug-likeness (QED) is 0.715. The van der Waals surface area contributed by atoms with Crippen LogP contribution in [0.15, 0.2) is 52.9 Å².